The summed E-state index contributed by atoms with van der Waals surface area (Å²) in [6.07, 6.45) is 1.48. The molecule has 0 fully saturated rings. The SMILES string of the molecule is Cc1ccc(COc2c(Br)cc(/C=C(/C#N)C(=O)Nc3cccc(Cl)c3Cl)cc2Br)cc1. The van der Waals surface area contributed by atoms with Gasteiger partial charge in [0.1, 0.15) is 24.0 Å². The van der Waals surface area contributed by atoms with Gasteiger partial charge >= 0.3 is 0 Å². The molecule has 0 unspecified atom stereocenters. The minimum Gasteiger partial charge on any atom is -0.487 e. The van der Waals surface area contributed by atoms with Crippen molar-refractivity contribution in [3.63, 3.8) is 0 Å². The summed E-state index contributed by atoms with van der Waals surface area (Å²) in [5, 5.41) is 12.6. The third-order valence-corrected chi connectivity index (χ3v) is 6.40. The number of rotatable bonds is 6. The summed E-state index contributed by atoms with van der Waals surface area (Å²) in [6.45, 7) is 2.43. The quantitative estimate of drug-likeness (QED) is 0.233. The summed E-state index contributed by atoms with van der Waals surface area (Å²) in [4.78, 5) is 12.6. The Morgan fingerprint density at radius 3 is 2.41 bits per heavy atom. The number of nitriles is 1. The molecular weight excluding hydrogens is 579 g/mol. The number of carbonyl (C=O) groups is 1. The van der Waals surface area contributed by atoms with Crippen LogP contribution in [-0.4, -0.2) is 5.91 Å². The van der Waals surface area contributed by atoms with Gasteiger partial charge < -0.3 is 10.1 Å². The first kappa shape index (κ1) is 24.3. The number of aryl methyl sites for hydroxylation is 1. The summed E-state index contributed by atoms with van der Waals surface area (Å²) in [5.41, 5.74) is 3.10. The number of ether oxygens (including phenoxy) is 1. The van der Waals surface area contributed by atoms with E-state index < -0.39 is 5.91 Å². The van der Waals surface area contributed by atoms with E-state index in [9.17, 15) is 10.1 Å². The van der Waals surface area contributed by atoms with Crippen LogP contribution in [0.5, 0.6) is 5.75 Å². The summed E-state index contributed by atoms with van der Waals surface area (Å²) in [6, 6.07) is 18.4. The van der Waals surface area contributed by atoms with Gasteiger partial charge in [-0.2, -0.15) is 5.26 Å². The minimum atomic E-state index is -0.594. The second-order valence-corrected chi connectivity index (χ2v) is 9.31. The zero-order valence-corrected chi connectivity index (χ0v) is 21.4. The molecule has 1 amide bonds. The average Bonchev–Trinajstić information content (AvgIpc) is 2.76. The molecule has 3 aromatic carbocycles. The Kier molecular flexibility index (Phi) is 8.38. The Hall–Kier alpha value is -2.30. The van der Waals surface area contributed by atoms with Gasteiger partial charge in [-0.1, -0.05) is 59.1 Å². The van der Waals surface area contributed by atoms with Crippen molar-refractivity contribution in [3.8, 4) is 11.8 Å². The van der Waals surface area contributed by atoms with Crippen molar-refractivity contribution in [1.29, 1.82) is 5.26 Å². The van der Waals surface area contributed by atoms with Crippen LogP contribution in [0.2, 0.25) is 10.0 Å². The van der Waals surface area contributed by atoms with Crippen molar-refractivity contribution in [2.75, 3.05) is 5.32 Å². The first-order valence-electron chi connectivity index (χ1n) is 9.33. The predicted molar refractivity (Wildman–Crippen MR) is 136 cm³/mol. The van der Waals surface area contributed by atoms with Crippen LogP contribution < -0.4 is 10.1 Å². The lowest BCUT2D eigenvalue weighted by Crippen LogP contribution is -2.13. The van der Waals surface area contributed by atoms with Crippen LogP contribution in [0.3, 0.4) is 0 Å². The van der Waals surface area contributed by atoms with Crippen molar-refractivity contribution >= 4 is 72.7 Å². The highest BCUT2D eigenvalue weighted by Gasteiger charge is 2.14. The summed E-state index contributed by atoms with van der Waals surface area (Å²) in [7, 11) is 0. The van der Waals surface area contributed by atoms with E-state index in [2.05, 4.69) is 37.2 Å². The Bertz CT molecular complexity index is 1210. The summed E-state index contributed by atoms with van der Waals surface area (Å²) in [5.74, 6) is 0.0278. The molecule has 3 rings (SSSR count). The van der Waals surface area contributed by atoms with E-state index in [1.165, 1.54) is 11.6 Å². The highest BCUT2D eigenvalue weighted by molar-refractivity contribution is 9.11. The van der Waals surface area contributed by atoms with Crippen LogP contribution in [0.25, 0.3) is 6.08 Å². The van der Waals surface area contributed by atoms with Crippen molar-refractivity contribution in [2.24, 2.45) is 0 Å². The third kappa shape index (κ3) is 6.14. The van der Waals surface area contributed by atoms with Crippen molar-refractivity contribution < 1.29 is 9.53 Å². The molecule has 0 aliphatic heterocycles. The zero-order chi connectivity index (χ0) is 23.3. The molecule has 0 aliphatic rings. The molecule has 4 nitrogen and oxygen atoms in total. The van der Waals surface area contributed by atoms with Gasteiger partial charge in [-0.25, -0.2) is 0 Å². The van der Waals surface area contributed by atoms with Crippen LogP contribution in [0.4, 0.5) is 5.69 Å². The van der Waals surface area contributed by atoms with Crippen LogP contribution in [0, 0.1) is 18.3 Å². The fourth-order valence-electron chi connectivity index (χ4n) is 2.75. The van der Waals surface area contributed by atoms with Crippen molar-refractivity contribution in [1.82, 2.24) is 0 Å². The van der Waals surface area contributed by atoms with Crippen LogP contribution >= 0.6 is 55.1 Å². The van der Waals surface area contributed by atoms with Gasteiger partial charge in [0.05, 0.1) is 24.7 Å². The Labute approximate surface area is 213 Å². The molecule has 1 N–H and O–H groups in total. The van der Waals surface area contributed by atoms with Crippen LogP contribution in [0.15, 0.2) is 69.1 Å². The maximum Gasteiger partial charge on any atom is 0.266 e. The number of anilines is 1. The number of halogens is 4. The number of carbonyl (C=O) groups excluding carboxylic acids is 1. The molecule has 0 saturated carbocycles. The van der Waals surface area contributed by atoms with Crippen molar-refractivity contribution in [2.45, 2.75) is 13.5 Å². The van der Waals surface area contributed by atoms with Crippen LogP contribution in [0.1, 0.15) is 16.7 Å². The van der Waals surface area contributed by atoms with Gasteiger partial charge in [0.2, 0.25) is 0 Å². The molecular formula is C24H16Br2Cl2N2O2. The van der Waals surface area contributed by atoms with Crippen LogP contribution in [-0.2, 0) is 11.4 Å². The molecule has 0 spiro atoms. The molecule has 0 radical (unpaired) electrons. The third-order valence-electron chi connectivity index (χ3n) is 4.40. The average molecular weight is 595 g/mol. The van der Waals surface area contributed by atoms with Gasteiger partial charge in [-0.15, -0.1) is 0 Å². The van der Waals surface area contributed by atoms with E-state index in [0.717, 1.165) is 5.56 Å². The molecule has 8 heteroatoms. The molecule has 0 aliphatic carbocycles. The Morgan fingerprint density at radius 1 is 1.12 bits per heavy atom. The maximum atomic E-state index is 12.6. The summed E-state index contributed by atoms with van der Waals surface area (Å²) < 4.78 is 7.31. The highest BCUT2D eigenvalue weighted by atomic mass is 79.9. The first-order valence-corrected chi connectivity index (χ1v) is 11.7. The second kappa shape index (κ2) is 11.0. The minimum absolute atomic E-state index is 0.0897. The number of amides is 1. The fourth-order valence-corrected chi connectivity index (χ4v) is 4.54. The fraction of sp³-hybridized carbons (Fsp3) is 0.0833. The van der Waals surface area contributed by atoms with E-state index >= 15 is 0 Å². The number of hydrogen-bond acceptors (Lipinski definition) is 3. The topological polar surface area (TPSA) is 62.1 Å². The largest absolute Gasteiger partial charge is 0.487 e. The smallest absolute Gasteiger partial charge is 0.266 e. The number of nitrogens with one attached hydrogen (secondary N) is 1. The van der Waals surface area contributed by atoms with E-state index in [-0.39, 0.29) is 10.6 Å². The maximum absolute atomic E-state index is 12.6. The zero-order valence-electron chi connectivity index (χ0n) is 16.8. The van der Waals surface area contributed by atoms with Gasteiger partial charge in [0.25, 0.3) is 5.91 Å². The van der Waals surface area contributed by atoms with Gasteiger partial charge in [0, 0.05) is 0 Å². The molecule has 162 valence electrons. The summed E-state index contributed by atoms with van der Waals surface area (Å²) >= 11 is 19.1. The molecule has 3 aromatic rings. The first-order chi connectivity index (χ1) is 15.3. The van der Waals surface area contributed by atoms with E-state index in [1.54, 1.807) is 30.3 Å². The van der Waals surface area contributed by atoms with Crippen molar-refractivity contribution in [3.05, 3.63) is 95.9 Å². The highest BCUT2D eigenvalue weighted by Crippen LogP contribution is 2.36. The van der Waals surface area contributed by atoms with Gasteiger partial charge in [-0.05, 0) is 80.3 Å². The molecule has 0 atom stereocenters. The monoisotopic (exact) mass is 592 g/mol. The second-order valence-electron chi connectivity index (χ2n) is 6.81. The Morgan fingerprint density at radius 2 is 1.78 bits per heavy atom. The van der Waals surface area contributed by atoms with E-state index in [1.807, 2.05) is 37.3 Å². The standard InChI is InChI=1S/C24H16Br2Cl2N2O2/c1-14-5-7-15(8-6-14)13-32-23-18(25)10-16(11-19(23)26)9-17(12-29)24(31)30-21-4-2-3-20(27)22(21)28/h2-11H,13H2,1H3,(H,30,31)/b17-9-. The molecule has 0 bridgehead atoms. The number of nitrogens with zero attached hydrogens (tertiary/aromatic N) is 1. The van der Waals surface area contributed by atoms with E-state index in [0.29, 0.717) is 37.6 Å². The molecule has 32 heavy (non-hydrogen) atoms. The lowest BCUT2D eigenvalue weighted by molar-refractivity contribution is -0.112. The molecule has 0 heterocycles. The van der Waals surface area contributed by atoms with E-state index in [4.69, 9.17) is 27.9 Å². The lowest BCUT2D eigenvalue weighted by atomic mass is 10.1. The number of benzene rings is 3. The normalized spacial score (nSPS) is 11.1. The molecule has 0 saturated heterocycles. The lowest BCUT2D eigenvalue weighted by Gasteiger charge is -2.12. The van der Waals surface area contributed by atoms with Gasteiger partial charge in [-0.3, -0.25) is 4.79 Å². The molecule has 0 aromatic heterocycles. The van der Waals surface area contributed by atoms with Gasteiger partial charge in [0.15, 0.2) is 0 Å². The number of hydrogen-bond donors (Lipinski definition) is 1. The Balaban J connectivity index is 1.78. The predicted octanol–water partition coefficient (Wildman–Crippen LogP) is 7.95.